The Labute approximate surface area is 183 Å². The Kier molecular flexibility index (Phi) is 7.96. The van der Waals surface area contributed by atoms with E-state index in [1.807, 2.05) is 66.7 Å². The van der Waals surface area contributed by atoms with Crippen molar-refractivity contribution >= 4 is 5.91 Å². The molecule has 158 valence electrons. The van der Waals surface area contributed by atoms with E-state index >= 15 is 0 Å². The number of methoxy groups -OCH3 is 1. The molecule has 0 aliphatic rings. The van der Waals surface area contributed by atoms with Crippen molar-refractivity contribution in [2.24, 2.45) is 0 Å². The molecule has 5 nitrogen and oxygen atoms in total. The molecule has 1 amide bonds. The first-order chi connectivity index (χ1) is 15.2. The van der Waals surface area contributed by atoms with Gasteiger partial charge in [-0.2, -0.15) is 0 Å². The summed E-state index contributed by atoms with van der Waals surface area (Å²) < 4.78 is 16.7. The number of para-hydroxylation sites is 2. The Hall–Kier alpha value is -3.91. The molecule has 0 fully saturated rings. The zero-order valence-corrected chi connectivity index (χ0v) is 17.5. The molecule has 0 unspecified atom stereocenters. The van der Waals surface area contributed by atoms with E-state index in [4.69, 9.17) is 20.6 Å². The van der Waals surface area contributed by atoms with Crippen LogP contribution in [0.5, 0.6) is 23.0 Å². The summed E-state index contributed by atoms with van der Waals surface area (Å²) in [6.45, 7) is 0.567. The third-order valence-electron chi connectivity index (χ3n) is 4.60. The molecular weight excluding hydrogens is 390 g/mol. The van der Waals surface area contributed by atoms with Crippen LogP contribution in [0.4, 0.5) is 0 Å². The highest BCUT2D eigenvalue weighted by Crippen LogP contribution is 2.28. The van der Waals surface area contributed by atoms with Crippen molar-refractivity contribution in [2.75, 3.05) is 13.7 Å². The van der Waals surface area contributed by atoms with Gasteiger partial charge >= 0.3 is 0 Å². The van der Waals surface area contributed by atoms with Crippen LogP contribution in [0.2, 0.25) is 0 Å². The van der Waals surface area contributed by atoms with Gasteiger partial charge < -0.3 is 19.5 Å². The summed E-state index contributed by atoms with van der Waals surface area (Å²) in [6.07, 6.45) is 6.17. The highest BCUT2D eigenvalue weighted by molar-refractivity contribution is 5.76. The quantitative estimate of drug-likeness (QED) is 0.486. The number of carbonyl (C=O) groups excluding carboxylic acids is 1. The first kappa shape index (κ1) is 21.8. The Bertz CT molecular complexity index is 1040. The monoisotopic (exact) mass is 415 g/mol. The summed E-state index contributed by atoms with van der Waals surface area (Å²) in [5.74, 6) is 5.05. The summed E-state index contributed by atoms with van der Waals surface area (Å²) >= 11 is 0. The van der Waals surface area contributed by atoms with Crippen LogP contribution in [0.1, 0.15) is 17.5 Å². The number of hydrogen-bond donors (Lipinski definition) is 1. The summed E-state index contributed by atoms with van der Waals surface area (Å²) in [5.41, 5.74) is 1.89. The van der Waals surface area contributed by atoms with Crippen LogP contribution in [-0.2, 0) is 17.8 Å². The molecule has 0 bridgehead atoms. The average molecular weight is 415 g/mol. The van der Waals surface area contributed by atoms with Gasteiger partial charge in [0.15, 0.2) is 11.5 Å². The zero-order chi connectivity index (χ0) is 21.9. The average Bonchev–Trinajstić information content (AvgIpc) is 2.81. The predicted molar refractivity (Wildman–Crippen MR) is 120 cm³/mol. The van der Waals surface area contributed by atoms with Crippen molar-refractivity contribution < 1.29 is 19.0 Å². The standard InChI is InChI=1S/C26H25NO4/c1-3-17-30-24-15-13-20(18-25(24)29-2)14-16-26(28)27-19-21-9-7-8-12-23(21)31-22-10-5-4-6-11-22/h1,4-13,15,18H,14,16-17,19H2,2H3,(H,27,28). The van der Waals surface area contributed by atoms with Gasteiger partial charge in [0.1, 0.15) is 18.1 Å². The molecule has 31 heavy (non-hydrogen) atoms. The normalized spacial score (nSPS) is 10.1. The fourth-order valence-electron chi connectivity index (χ4n) is 3.01. The van der Waals surface area contributed by atoms with Gasteiger partial charge in [0.25, 0.3) is 0 Å². The number of rotatable bonds is 10. The molecule has 0 aliphatic carbocycles. The van der Waals surface area contributed by atoms with E-state index in [-0.39, 0.29) is 12.5 Å². The first-order valence-electron chi connectivity index (χ1n) is 10.0. The molecule has 0 saturated carbocycles. The number of aryl methyl sites for hydroxylation is 1. The van der Waals surface area contributed by atoms with Gasteiger partial charge in [-0.25, -0.2) is 0 Å². The van der Waals surface area contributed by atoms with Crippen LogP contribution in [0.25, 0.3) is 0 Å². The third kappa shape index (κ3) is 6.55. The molecule has 0 radical (unpaired) electrons. The molecule has 3 aromatic carbocycles. The number of carbonyl (C=O) groups is 1. The summed E-state index contributed by atoms with van der Waals surface area (Å²) in [4.78, 5) is 12.4. The fourth-order valence-corrected chi connectivity index (χ4v) is 3.01. The molecule has 5 heteroatoms. The van der Waals surface area contributed by atoms with Gasteiger partial charge in [0.05, 0.1) is 7.11 Å². The van der Waals surface area contributed by atoms with E-state index in [1.165, 1.54) is 0 Å². The highest BCUT2D eigenvalue weighted by Gasteiger charge is 2.09. The van der Waals surface area contributed by atoms with E-state index in [0.29, 0.717) is 30.9 Å². The van der Waals surface area contributed by atoms with E-state index in [2.05, 4.69) is 11.2 Å². The second kappa shape index (κ2) is 11.3. The Balaban J connectivity index is 1.54. The van der Waals surface area contributed by atoms with E-state index < -0.39 is 0 Å². The predicted octanol–water partition coefficient (Wildman–Crippen LogP) is 4.75. The largest absolute Gasteiger partial charge is 0.493 e. The molecule has 0 atom stereocenters. The number of benzene rings is 3. The number of hydrogen-bond acceptors (Lipinski definition) is 4. The molecule has 3 aromatic rings. The molecule has 0 aliphatic heterocycles. The lowest BCUT2D eigenvalue weighted by molar-refractivity contribution is -0.121. The fraction of sp³-hybridized carbons (Fsp3) is 0.192. The zero-order valence-electron chi connectivity index (χ0n) is 17.5. The topological polar surface area (TPSA) is 56.8 Å². The summed E-state index contributed by atoms with van der Waals surface area (Å²) in [7, 11) is 1.57. The van der Waals surface area contributed by atoms with Crippen LogP contribution < -0.4 is 19.5 Å². The van der Waals surface area contributed by atoms with Crippen LogP contribution in [-0.4, -0.2) is 19.6 Å². The second-order valence-electron chi connectivity index (χ2n) is 6.78. The lowest BCUT2D eigenvalue weighted by atomic mass is 10.1. The third-order valence-corrected chi connectivity index (χ3v) is 4.60. The molecule has 0 spiro atoms. The molecule has 0 aromatic heterocycles. The van der Waals surface area contributed by atoms with Gasteiger partial charge in [-0.05, 0) is 42.3 Å². The highest BCUT2D eigenvalue weighted by atomic mass is 16.5. The summed E-state index contributed by atoms with van der Waals surface area (Å²) in [5, 5.41) is 2.97. The van der Waals surface area contributed by atoms with Crippen LogP contribution in [0.15, 0.2) is 72.8 Å². The van der Waals surface area contributed by atoms with Crippen LogP contribution >= 0.6 is 0 Å². The van der Waals surface area contributed by atoms with E-state index in [0.717, 1.165) is 22.6 Å². The lowest BCUT2D eigenvalue weighted by Crippen LogP contribution is -2.23. The number of nitrogens with one attached hydrogen (secondary N) is 1. The number of ether oxygens (including phenoxy) is 3. The first-order valence-corrected chi connectivity index (χ1v) is 10.0. The summed E-state index contributed by atoms with van der Waals surface area (Å²) in [6, 6.07) is 22.8. The van der Waals surface area contributed by atoms with E-state index in [9.17, 15) is 4.79 Å². The Morgan fingerprint density at radius 2 is 1.74 bits per heavy atom. The number of amides is 1. The van der Waals surface area contributed by atoms with Crippen molar-refractivity contribution in [3.63, 3.8) is 0 Å². The van der Waals surface area contributed by atoms with Crippen molar-refractivity contribution in [3.05, 3.63) is 83.9 Å². The van der Waals surface area contributed by atoms with Crippen molar-refractivity contribution in [1.82, 2.24) is 5.32 Å². The molecule has 0 saturated heterocycles. The van der Waals surface area contributed by atoms with Gasteiger partial charge in [-0.15, -0.1) is 6.42 Å². The maximum atomic E-state index is 12.4. The van der Waals surface area contributed by atoms with Crippen molar-refractivity contribution in [1.29, 1.82) is 0 Å². The maximum Gasteiger partial charge on any atom is 0.220 e. The Morgan fingerprint density at radius 1 is 0.968 bits per heavy atom. The minimum absolute atomic E-state index is 0.0406. The SMILES string of the molecule is C#CCOc1ccc(CCC(=O)NCc2ccccc2Oc2ccccc2)cc1OC. The lowest BCUT2D eigenvalue weighted by Gasteiger charge is -2.12. The van der Waals surface area contributed by atoms with Crippen LogP contribution in [0.3, 0.4) is 0 Å². The van der Waals surface area contributed by atoms with Crippen LogP contribution in [0, 0.1) is 12.3 Å². The Morgan fingerprint density at radius 3 is 2.52 bits per heavy atom. The molecule has 1 N–H and O–H groups in total. The number of terminal acetylenes is 1. The maximum absolute atomic E-state index is 12.4. The minimum Gasteiger partial charge on any atom is -0.493 e. The van der Waals surface area contributed by atoms with Crippen molar-refractivity contribution in [2.45, 2.75) is 19.4 Å². The minimum atomic E-state index is -0.0406. The van der Waals surface area contributed by atoms with Gasteiger partial charge in [-0.3, -0.25) is 4.79 Å². The molecule has 0 heterocycles. The van der Waals surface area contributed by atoms with E-state index in [1.54, 1.807) is 13.2 Å². The second-order valence-corrected chi connectivity index (χ2v) is 6.78. The van der Waals surface area contributed by atoms with Gasteiger partial charge in [-0.1, -0.05) is 48.4 Å². The van der Waals surface area contributed by atoms with Gasteiger partial charge in [0.2, 0.25) is 5.91 Å². The molecule has 3 rings (SSSR count). The molecular formula is C26H25NO4. The van der Waals surface area contributed by atoms with Gasteiger partial charge in [0, 0.05) is 18.5 Å². The van der Waals surface area contributed by atoms with Crippen molar-refractivity contribution in [3.8, 4) is 35.3 Å². The smallest absolute Gasteiger partial charge is 0.220 e.